The van der Waals surface area contributed by atoms with Crippen LogP contribution in [0.15, 0.2) is 24.3 Å². The molecule has 2 saturated heterocycles. The number of carbonyl (C=O) groups is 1. The van der Waals surface area contributed by atoms with Gasteiger partial charge in [0, 0.05) is 6.42 Å². The van der Waals surface area contributed by atoms with E-state index in [0.29, 0.717) is 12.8 Å². The van der Waals surface area contributed by atoms with Gasteiger partial charge in [-0.05, 0) is 32.1 Å². The van der Waals surface area contributed by atoms with Gasteiger partial charge in [0.05, 0.1) is 32.0 Å². The summed E-state index contributed by atoms with van der Waals surface area (Å²) < 4.78 is 22.5. The zero-order valence-corrected chi connectivity index (χ0v) is 35.5. The quantitative estimate of drug-likeness (QED) is 0.0334. The fourth-order valence-electron chi connectivity index (χ4n) is 7.36. The number of allylic oxidation sites excluding steroid dienone is 3. The van der Waals surface area contributed by atoms with Crippen LogP contribution in [0.1, 0.15) is 155 Å². The van der Waals surface area contributed by atoms with Crippen LogP contribution in [-0.2, 0) is 23.7 Å². The molecule has 2 aliphatic heterocycles. The van der Waals surface area contributed by atoms with E-state index in [4.69, 9.17) is 18.9 Å². The van der Waals surface area contributed by atoms with Gasteiger partial charge in [0.25, 0.3) is 0 Å². The molecule has 14 nitrogen and oxygen atoms in total. The molecule has 2 fully saturated rings. The number of hydrogen-bond donors (Lipinski definition) is 9. The molecule has 2 aliphatic rings. The first-order chi connectivity index (χ1) is 28.1. The number of carbonyl (C=O) groups excluding carboxylic acids is 1. The van der Waals surface area contributed by atoms with Gasteiger partial charge in [-0.15, -0.1) is 0 Å². The molecule has 58 heavy (non-hydrogen) atoms. The van der Waals surface area contributed by atoms with E-state index in [1.165, 1.54) is 77.0 Å². The minimum atomic E-state index is -1.79. The molecule has 0 saturated carbocycles. The predicted octanol–water partition coefficient (Wildman–Crippen LogP) is 4.21. The molecule has 14 heteroatoms. The Morgan fingerprint density at radius 1 is 0.603 bits per heavy atom. The Morgan fingerprint density at radius 3 is 1.69 bits per heavy atom. The Kier molecular flexibility index (Phi) is 29.2. The van der Waals surface area contributed by atoms with Crippen LogP contribution < -0.4 is 5.32 Å². The van der Waals surface area contributed by atoms with Crippen molar-refractivity contribution in [3.05, 3.63) is 24.3 Å². The topological polar surface area (TPSA) is 228 Å². The highest BCUT2D eigenvalue weighted by Gasteiger charge is 2.50. The minimum Gasteiger partial charge on any atom is -0.394 e. The highest BCUT2D eigenvalue weighted by Crippen LogP contribution is 2.30. The van der Waals surface area contributed by atoms with Crippen LogP contribution in [0.25, 0.3) is 0 Å². The number of unbranched alkanes of at least 4 members (excludes halogenated alkanes) is 18. The Labute approximate surface area is 348 Å². The maximum absolute atomic E-state index is 12.9. The standard InChI is InChI=1S/C44H81NO13/c1-3-5-7-9-11-12-13-14-15-16-17-18-19-20-21-22-23-25-27-33(48)32(45-36(49)28-26-24-10-8-6-4-2)31-55-43-41(54)39(52)42(35(30-47)57-43)58-44-40(53)38(51)37(50)34(29-46)56-44/h20-21,25,27,32-35,37-44,46-48,50-54H,3-19,22-24,26,28-31H2,1-2H3,(H,45,49)/b21-20+,27-25+. The van der Waals surface area contributed by atoms with Crippen molar-refractivity contribution in [2.24, 2.45) is 0 Å². The second-order valence-electron chi connectivity index (χ2n) is 16.2. The fraction of sp³-hybridized carbons (Fsp3) is 0.886. The lowest BCUT2D eigenvalue weighted by molar-refractivity contribution is -0.359. The van der Waals surface area contributed by atoms with E-state index >= 15 is 0 Å². The van der Waals surface area contributed by atoms with E-state index in [0.717, 1.165) is 44.9 Å². The Balaban J connectivity index is 1.86. The molecule has 0 spiro atoms. The molecule has 1 amide bonds. The normalized spacial score (nSPS) is 29.0. The first-order valence-electron chi connectivity index (χ1n) is 22.6. The Hall–Kier alpha value is -1.53. The molecular formula is C44H81NO13. The van der Waals surface area contributed by atoms with Crippen LogP contribution in [0.4, 0.5) is 0 Å². The van der Waals surface area contributed by atoms with Crippen LogP contribution in [-0.4, -0.2) is 140 Å². The summed E-state index contributed by atoms with van der Waals surface area (Å²) in [5.41, 5.74) is 0. The van der Waals surface area contributed by atoms with E-state index in [1.54, 1.807) is 6.08 Å². The van der Waals surface area contributed by atoms with E-state index in [1.807, 2.05) is 6.08 Å². The van der Waals surface area contributed by atoms with Gasteiger partial charge in [0.15, 0.2) is 12.6 Å². The van der Waals surface area contributed by atoms with E-state index < -0.39 is 86.8 Å². The third kappa shape index (κ3) is 20.4. The number of rotatable bonds is 33. The van der Waals surface area contributed by atoms with Crippen LogP contribution >= 0.6 is 0 Å². The summed E-state index contributed by atoms with van der Waals surface area (Å²) in [6.07, 6.45) is 15.6. The average Bonchev–Trinajstić information content (AvgIpc) is 3.22. The van der Waals surface area contributed by atoms with Crippen molar-refractivity contribution in [3.8, 4) is 0 Å². The molecule has 340 valence electrons. The molecule has 0 aromatic carbocycles. The van der Waals surface area contributed by atoms with Gasteiger partial charge in [-0.25, -0.2) is 0 Å². The maximum atomic E-state index is 12.9. The maximum Gasteiger partial charge on any atom is 0.220 e. The molecule has 2 heterocycles. The van der Waals surface area contributed by atoms with Gasteiger partial charge >= 0.3 is 0 Å². The molecule has 0 bridgehead atoms. The van der Waals surface area contributed by atoms with Crippen molar-refractivity contribution in [1.29, 1.82) is 0 Å². The second-order valence-corrected chi connectivity index (χ2v) is 16.2. The van der Waals surface area contributed by atoms with Crippen molar-refractivity contribution in [2.75, 3.05) is 19.8 Å². The summed E-state index contributed by atoms with van der Waals surface area (Å²) in [5.74, 6) is -0.261. The second kappa shape index (κ2) is 32.2. The van der Waals surface area contributed by atoms with Gasteiger partial charge in [0.2, 0.25) is 5.91 Å². The summed E-state index contributed by atoms with van der Waals surface area (Å²) in [7, 11) is 0. The lowest BCUT2D eigenvalue weighted by atomic mass is 9.97. The molecule has 0 radical (unpaired) electrons. The summed E-state index contributed by atoms with van der Waals surface area (Å²) in [4.78, 5) is 12.9. The van der Waals surface area contributed by atoms with E-state index in [2.05, 4.69) is 31.3 Å². The zero-order chi connectivity index (χ0) is 42.5. The zero-order valence-electron chi connectivity index (χ0n) is 35.5. The highest BCUT2D eigenvalue weighted by atomic mass is 16.7. The first kappa shape index (κ1) is 52.6. The predicted molar refractivity (Wildman–Crippen MR) is 221 cm³/mol. The molecule has 0 aromatic rings. The summed E-state index contributed by atoms with van der Waals surface area (Å²) in [6, 6.07) is -0.922. The van der Waals surface area contributed by atoms with Crippen molar-refractivity contribution < 1.29 is 64.6 Å². The third-order valence-electron chi connectivity index (χ3n) is 11.1. The van der Waals surface area contributed by atoms with Crippen LogP contribution in [0.2, 0.25) is 0 Å². The van der Waals surface area contributed by atoms with Crippen molar-refractivity contribution in [3.63, 3.8) is 0 Å². The average molecular weight is 832 g/mol. The number of amides is 1. The summed E-state index contributed by atoms with van der Waals surface area (Å²) in [6.45, 7) is 2.67. The van der Waals surface area contributed by atoms with Crippen molar-refractivity contribution >= 4 is 5.91 Å². The monoisotopic (exact) mass is 832 g/mol. The molecule has 12 unspecified atom stereocenters. The number of aliphatic hydroxyl groups is 8. The van der Waals surface area contributed by atoms with Gasteiger partial charge < -0.3 is 65.1 Å². The summed E-state index contributed by atoms with van der Waals surface area (Å²) in [5, 5.41) is 86.1. The van der Waals surface area contributed by atoms with Crippen LogP contribution in [0, 0.1) is 0 Å². The van der Waals surface area contributed by atoms with Gasteiger partial charge in [0.1, 0.15) is 48.8 Å². The number of nitrogens with one attached hydrogen (secondary N) is 1. The molecule has 0 aromatic heterocycles. The Morgan fingerprint density at radius 2 is 1.10 bits per heavy atom. The largest absolute Gasteiger partial charge is 0.394 e. The van der Waals surface area contributed by atoms with Gasteiger partial charge in [-0.3, -0.25) is 4.79 Å². The lowest BCUT2D eigenvalue weighted by Crippen LogP contribution is -2.65. The minimum absolute atomic E-state index is 0.261. The van der Waals surface area contributed by atoms with Gasteiger partial charge in [-0.1, -0.05) is 141 Å². The SMILES string of the molecule is CCCCCCCCCCCCCC/C=C/CC/C=C/C(O)C(COC1OC(CO)C(OC2OC(CO)C(O)C(O)C2O)C(O)C1O)NC(=O)CCCCCCCC. The molecule has 2 rings (SSSR count). The fourth-order valence-corrected chi connectivity index (χ4v) is 7.36. The smallest absolute Gasteiger partial charge is 0.220 e. The van der Waals surface area contributed by atoms with Crippen LogP contribution in [0.5, 0.6) is 0 Å². The lowest BCUT2D eigenvalue weighted by Gasteiger charge is -2.46. The van der Waals surface area contributed by atoms with Crippen LogP contribution in [0.3, 0.4) is 0 Å². The van der Waals surface area contributed by atoms with E-state index in [-0.39, 0.29) is 18.9 Å². The summed E-state index contributed by atoms with van der Waals surface area (Å²) >= 11 is 0. The van der Waals surface area contributed by atoms with E-state index in [9.17, 15) is 45.6 Å². The Bertz CT molecular complexity index is 1080. The first-order valence-corrected chi connectivity index (χ1v) is 22.6. The molecular weight excluding hydrogens is 750 g/mol. The third-order valence-corrected chi connectivity index (χ3v) is 11.1. The molecule has 12 atom stereocenters. The molecule has 0 aliphatic carbocycles. The van der Waals surface area contributed by atoms with Crippen molar-refractivity contribution in [2.45, 2.75) is 229 Å². The number of ether oxygens (including phenoxy) is 4. The number of hydrogen-bond acceptors (Lipinski definition) is 13. The van der Waals surface area contributed by atoms with Gasteiger partial charge in [-0.2, -0.15) is 0 Å². The highest BCUT2D eigenvalue weighted by molar-refractivity contribution is 5.76. The van der Waals surface area contributed by atoms with Crippen molar-refractivity contribution in [1.82, 2.24) is 5.32 Å². The molecule has 9 N–H and O–H groups in total. The number of aliphatic hydroxyl groups excluding tert-OH is 8.